The first-order valence-corrected chi connectivity index (χ1v) is 7.32. The quantitative estimate of drug-likeness (QED) is 0.914. The van der Waals surface area contributed by atoms with Crippen LogP contribution in [0.15, 0.2) is 0 Å². The minimum Gasteiger partial charge on any atom is -0.326 e. The molecule has 0 radical (unpaired) electrons. The summed E-state index contributed by atoms with van der Waals surface area (Å²) in [5.74, 6) is 1.31. The molecule has 1 aliphatic carbocycles. The average molecular weight is 269 g/mol. The number of imidazole rings is 1. The standard InChI is InChI=1S/C14H21F2N3/c15-13(16)9-19-12-6-7-17-8-11(12)18-14(19)10-4-2-1-3-5-10/h10,13,17H,1-9H2. The number of hydrogen-bond acceptors (Lipinski definition) is 2. The van der Waals surface area contributed by atoms with Crippen molar-refractivity contribution in [2.75, 3.05) is 6.54 Å². The average Bonchev–Trinajstić information content (AvgIpc) is 2.78. The van der Waals surface area contributed by atoms with Gasteiger partial charge in [-0.05, 0) is 12.8 Å². The van der Waals surface area contributed by atoms with E-state index >= 15 is 0 Å². The lowest BCUT2D eigenvalue weighted by Crippen LogP contribution is -2.26. The van der Waals surface area contributed by atoms with Crippen LogP contribution in [0, 0.1) is 0 Å². The molecule has 2 aliphatic rings. The van der Waals surface area contributed by atoms with Gasteiger partial charge in [0.15, 0.2) is 0 Å². The molecule has 0 unspecified atom stereocenters. The zero-order valence-electron chi connectivity index (χ0n) is 11.2. The Kier molecular flexibility index (Phi) is 3.82. The largest absolute Gasteiger partial charge is 0.326 e. The molecule has 1 N–H and O–H groups in total. The van der Waals surface area contributed by atoms with E-state index < -0.39 is 6.43 Å². The van der Waals surface area contributed by atoms with Crippen LogP contribution >= 0.6 is 0 Å². The fourth-order valence-corrected chi connectivity index (χ4v) is 3.41. The van der Waals surface area contributed by atoms with E-state index in [1.807, 2.05) is 4.57 Å². The third kappa shape index (κ3) is 2.66. The fourth-order valence-electron chi connectivity index (χ4n) is 3.41. The van der Waals surface area contributed by atoms with Crippen LogP contribution in [0.5, 0.6) is 0 Å². The molecule has 3 nitrogen and oxygen atoms in total. The first-order chi connectivity index (χ1) is 9.25. The number of halogens is 2. The van der Waals surface area contributed by atoms with Crippen molar-refractivity contribution in [1.82, 2.24) is 14.9 Å². The van der Waals surface area contributed by atoms with Gasteiger partial charge in [0, 0.05) is 31.1 Å². The number of aromatic nitrogens is 2. The molecule has 0 spiro atoms. The van der Waals surface area contributed by atoms with E-state index in [-0.39, 0.29) is 6.54 Å². The summed E-state index contributed by atoms with van der Waals surface area (Å²) in [6.07, 6.45) is 4.41. The third-order valence-electron chi connectivity index (χ3n) is 4.31. The summed E-state index contributed by atoms with van der Waals surface area (Å²) in [5.41, 5.74) is 2.03. The van der Waals surface area contributed by atoms with Gasteiger partial charge in [-0.1, -0.05) is 19.3 Å². The Morgan fingerprint density at radius 2 is 2.05 bits per heavy atom. The van der Waals surface area contributed by atoms with Gasteiger partial charge < -0.3 is 9.88 Å². The SMILES string of the molecule is FC(F)Cn1c(C2CCCCC2)nc2c1CCNC2. The van der Waals surface area contributed by atoms with Crippen molar-refractivity contribution in [2.45, 2.75) is 64.0 Å². The topological polar surface area (TPSA) is 29.9 Å². The van der Waals surface area contributed by atoms with Gasteiger partial charge in [-0.2, -0.15) is 0 Å². The monoisotopic (exact) mass is 269 g/mol. The molecule has 106 valence electrons. The first kappa shape index (κ1) is 13.0. The van der Waals surface area contributed by atoms with Gasteiger partial charge >= 0.3 is 0 Å². The molecule has 5 heteroatoms. The van der Waals surface area contributed by atoms with E-state index in [2.05, 4.69) is 5.32 Å². The maximum Gasteiger partial charge on any atom is 0.256 e. The highest BCUT2D eigenvalue weighted by Gasteiger charge is 2.27. The molecule has 1 aliphatic heterocycles. The zero-order valence-corrected chi connectivity index (χ0v) is 11.2. The Bertz CT molecular complexity index is 436. The van der Waals surface area contributed by atoms with Crippen LogP contribution in [0.1, 0.15) is 55.2 Å². The molecule has 1 fully saturated rings. The van der Waals surface area contributed by atoms with Crippen LogP contribution in [-0.2, 0) is 19.5 Å². The molecular weight excluding hydrogens is 248 g/mol. The maximum atomic E-state index is 12.9. The van der Waals surface area contributed by atoms with Crippen LogP contribution in [0.2, 0.25) is 0 Å². The summed E-state index contributed by atoms with van der Waals surface area (Å²) in [4.78, 5) is 4.69. The van der Waals surface area contributed by atoms with E-state index in [1.54, 1.807) is 0 Å². The van der Waals surface area contributed by atoms with Crippen LogP contribution in [-0.4, -0.2) is 22.5 Å². The molecule has 0 aromatic carbocycles. The molecule has 1 saturated carbocycles. The summed E-state index contributed by atoms with van der Waals surface area (Å²) in [5, 5.41) is 3.27. The van der Waals surface area contributed by atoms with Crippen molar-refractivity contribution in [1.29, 1.82) is 0 Å². The number of alkyl halides is 2. The van der Waals surface area contributed by atoms with Crippen LogP contribution in [0.4, 0.5) is 8.78 Å². The lowest BCUT2D eigenvalue weighted by Gasteiger charge is -2.23. The van der Waals surface area contributed by atoms with Gasteiger partial charge in [0.2, 0.25) is 0 Å². The van der Waals surface area contributed by atoms with E-state index in [0.29, 0.717) is 5.92 Å². The number of nitrogens with one attached hydrogen (secondary N) is 1. The van der Waals surface area contributed by atoms with Crippen LogP contribution in [0.3, 0.4) is 0 Å². The number of hydrogen-bond donors (Lipinski definition) is 1. The van der Waals surface area contributed by atoms with Crippen molar-refractivity contribution >= 4 is 0 Å². The van der Waals surface area contributed by atoms with Crippen molar-refractivity contribution in [3.63, 3.8) is 0 Å². The van der Waals surface area contributed by atoms with Crippen molar-refractivity contribution < 1.29 is 8.78 Å². The van der Waals surface area contributed by atoms with Gasteiger partial charge in [-0.15, -0.1) is 0 Å². The summed E-state index contributed by atoms with van der Waals surface area (Å²) in [7, 11) is 0. The second-order valence-corrected chi connectivity index (χ2v) is 5.63. The number of nitrogens with zero attached hydrogens (tertiary/aromatic N) is 2. The fraction of sp³-hybridized carbons (Fsp3) is 0.786. The molecule has 0 atom stereocenters. The molecule has 0 bridgehead atoms. The number of rotatable bonds is 3. The van der Waals surface area contributed by atoms with Gasteiger partial charge in [0.25, 0.3) is 6.43 Å². The molecule has 3 rings (SSSR count). The molecule has 0 saturated heterocycles. The van der Waals surface area contributed by atoms with Crippen molar-refractivity contribution in [3.05, 3.63) is 17.2 Å². The highest BCUT2D eigenvalue weighted by atomic mass is 19.3. The lowest BCUT2D eigenvalue weighted by molar-refractivity contribution is 0.123. The molecular formula is C14H21F2N3. The smallest absolute Gasteiger partial charge is 0.256 e. The molecule has 2 heterocycles. The Labute approximate surface area is 112 Å². The van der Waals surface area contributed by atoms with Crippen LogP contribution in [0.25, 0.3) is 0 Å². The molecule has 19 heavy (non-hydrogen) atoms. The van der Waals surface area contributed by atoms with Gasteiger partial charge in [0.05, 0.1) is 12.2 Å². The first-order valence-electron chi connectivity index (χ1n) is 7.32. The number of fused-ring (bicyclic) bond motifs is 1. The second-order valence-electron chi connectivity index (χ2n) is 5.63. The molecule has 1 aromatic rings. The Morgan fingerprint density at radius 1 is 1.26 bits per heavy atom. The predicted octanol–water partition coefficient (Wildman–Crippen LogP) is 2.84. The second kappa shape index (κ2) is 5.57. The minimum atomic E-state index is -2.30. The normalized spacial score (nSPS) is 20.8. The zero-order chi connectivity index (χ0) is 13.2. The third-order valence-corrected chi connectivity index (χ3v) is 4.31. The van der Waals surface area contributed by atoms with Crippen molar-refractivity contribution in [3.8, 4) is 0 Å². The van der Waals surface area contributed by atoms with E-state index in [9.17, 15) is 8.78 Å². The minimum absolute atomic E-state index is 0.186. The Morgan fingerprint density at radius 3 is 2.79 bits per heavy atom. The molecule has 1 aromatic heterocycles. The van der Waals surface area contributed by atoms with E-state index in [1.165, 1.54) is 19.3 Å². The summed E-state index contributed by atoms with van der Waals surface area (Å²) in [6.45, 7) is 1.41. The molecule has 0 amide bonds. The summed E-state index contributed by atoms with van der Waals surface area (Å²) < 4.78 is 27.5. The van der Waals surface area contributed by atoms with E-state index in [0.717, 1.165) is 49.6 Å². The Hall–Kier alpha value is -0.970. The Balaban J connectivity index is 1.94. The maximum absolute atomic E-state index is 12.9. The van der Waals surface area contributed by atoms with Crippen molar-refractivity contribution in [2.24, 2.45) is 0 Å². The predicted molar refractivity (Wildman–Crippen MR) is 69.5 cm³/mol. The lowest BCUT2D eigenvalue weighted by atomic mass is 9.88. The summed E-state index contributed by atoms with van der Waals surface area (Å²) >= 11 is 0. The van der Waals surface area contributed by atoms with E-state index in [4.69, 9.17) is 4.98 Å². The van der Waals surface area contributed by atoms with Gasteiger partial charge in [0.1, 0.15) is 5.82 Å². The highest BCUT2D eigenvalue weighted by Crippen LogP contribution is 2.34. The highest BCUT2D eigenvalue weighted by molar-refractivity contribution is 5.22. The van der Waals surface area contributed by atoms with Gasteiger partial charge in [-0.3, -0.25) is 0 Å². The van der Waals surface area contributed by atoms with Gasteiger partial charge in [-0.25, -0.2) is 13.8 Å². The van der Waals surface area contributed by atoms with Crippen LogP contribution < -0.4 is 5.32 Å². The summed E-state index contributed by atoms with van der Waals surface area (Å²) in [6, 6.07) is 0.